The maximum atomic E-state index is 5.53. The Bertz CT molecular complexity index is 352. The Labute approximate surface area is 160 Å². The molecule has 2 saturated heterocycles. The van der Waals surface area contributed by atoms with Crippen LogP contribution in [0, 0.1) is 5.41 Å². The second kappa shape index (κ2) is 8.33. The number of rotatable bonds is 4. The van der Waals surface area contributed by atoms with Crippen LogP contribution in [0.5, 0.6) is 0 Å². The molecule has 0 radical (unpaired) electrons. The van der Waals surface area contributed by atoms with E-state index >= 15 is 0 Å². The van der Waals surface area contributed by atoms with Crippen LogP contribution in [-0.4, -0.2) is 75.5 Å². The first-order valence-electron chi connectivity index (χ1n) is 9.78. The van der Waals surface area contributed by atoms with E-state index in [0.717, 1.165) is 18.6 Å². The first kappa shape index (κ1) is 19.9. The highest BCUT2D eigenvalue weighted by Gasteiger charge is 2.41. The summed E-state index contributed by atoms with van der Waals surface area (Å²) in [6.45, 7) is 9.97. The van der Waals surface area contributed by atoms with Crippen LogP contribution in [0.25, 0.3) is 0 Å². The van der Waals surface area contributed by atoms with Gasteiger partial charge in [0.15, 0.2) is 0 Å². The summed E-state index contributed by atoms with van der Waals surface area (Å²) in [6.07, 6.45) is 12.0. The molecule has 136 valence electrons. The molecule has 0 atom stereocenters. The maximum Gasteiger partial charge on any atom is 0.102 e. The lowest BCUT2D eigenvalue weighted by Crippen LogP contribution is -3.00. The van der Waals surface area contributed by atoms with Crippen molar-refractivity contribution >= 4 is 0 Å². The van der Waals surface area contributed by atoms with Crippen LogP contribution in [0.3, 0.4) is 0 Å². The van der Waals surface area contributed by atoms with Gasteiger partial charge in [-0.05, 0) is 18.3 Å². The standard InChI is InChI=1S/C19H38N2O.HI/c1-20(11-6-12-21(2)15-17-22-18-16-21)13-9-19(10-14-20)7-4-3-5-8-19;/h3-18H2,1-2H3;1H/q+2;/p-1. The van der Waals surface area contributed by atoms with Crippen LogP contribution in [-0.2, 0) is 4.74 Å². The first-order valence-corrected chi connectivity index (χ1v) is 9.78. The molecular weight excluding hydrogens is 399 g/mol. The molecule has 0 aromatic carbocycles. The predicted molar refractivity (Wildman–Crippen MR) is 91.8 cm³/mol. The number of halogens is 1. The highest BCUT2D eigenvalue weighted by atomic mass is 127. The highest BCUT2D eigenvalue weighted by Crippen LogP contribution is 2.45. The molecule has 3 rings (SSSR count). The number of hydrogen-bond donors (Lipinski definition) is 0. The molecule has 3 aliphatic rings. The summed E-state index contributed by atoms with van der Waals surface area (Å²) in [6, 6.07) is 0. The van der Waals surface area contributed by atoms with E-state index in [4.69, 9.17) is 4.74 Å². The van der Waals surface area contributed by atoms with E-state index in [0.29, 0.717) is 0 Å². The van der Waals surface area contributed by atoms with Crippen molar-refractivity contribution in [2.45, 2.75) is 51.4 Å². The molecule has 1 saturated carbocycles. The lowest BCUT2D eigenvalue weighted by molar-refractivity contribution is -0.934. The van der Waals surface area contributed by atoms with E-state index < -0.39 is 0 Å². The molecule has 0 bridgehead atoms. The van der Waals surface area contributed by atoms with Gasteiger partial charge in [-0.3, -0.25) is 0 Å². The normalized spacial score (nSPS) is 29.0. The molecule has 2 heterocycles. The summed E-state index contributed by atoms with van der Waals surface area (Å²) in [5, 5.41) is 0. The van der Waals surface area contributed by atoms with Gasteiger partial charge in [-0.15, -0.1) is 0 Å². The maximum absolute atomic E-state index is 5.53. The van der Waals surface area contributed by atoms with Crippen molar-refractivity contribution in [3.63, 3.8) is 0 Å². The number of likely N-dealkylation sites (tertiary alicyclic amines) is 1. The lowest BCUT2D eigenvalue weighted by Gasteiger charge is -2.48. The van der Waals surface area contributed by atoms with E-state index in [1.165, 1.54) is 99.6 Å². The largest absolute Gasteiger partial charge is 1.00 e. The molecular formula is C19H38IN2O+. The fourth-order valence-corrected chi connectivity index (χ4v) is 5.12. The zero-order chi connectivity index (χ0) is 15.5. The molecule has 4 heteroatoms. The third-order valence-electron chi connectivity index (χ3n) is 7.22. The number of hydrogen-bond acceptors (Lipinski definition) is 1. The molecule has 2 aliphatic heterocycles. The van der Waals surface area contributed by atoms with Gasteiger partial charge < -0.3 is 37.7 Å². The van der Waals surface area contributed by atoms with E-state index in [9.17, 15) is 0 Å². The zero-order valence-corrected chi connectivity index (χ0v) is 17.7. The average Bonchev–Trinajstić information content (AvgIpc) is 2.53. The lowest BCUT2D eigenvalue weighted by atomic mass is 9.67. The predicted octanol–water partition coefficient (Wildman–Crippen LogP) is 0.0482. The summed E-state index contributed by atoms with van der Waals surface area (Å²) in [4.78, 5) is 0. The van der Waals surface area contributed by atoms with Crippen molar-refractivity contribution in [2.24, 2.45) is 5.41 Å². The molecule has 1 spiro atoms. The van der Waals surface area contributed by atoms with Gasteiger partial charge in [0.25, 0.3) is 0 Å². The third kappa shape index (κ3) is 5.29. The van der Waals surface area contributed by atoms with Gasteiger partial charge in [-0.25, -0.2) is 0 Å². The Balaban J connectivity index is 0.00000192. The van der Waals surface area contributed by atoms with Crippen LogP contribution in [0.2, 0.25) is 0 Å². The van der Waals surface area contributed by atoms with E-state index in [1.54, 1.807) is 0 Å². The fraction of sp³-hybridized carbons (Fsp3) is 1.00. The molecule has 0 aromatic rings. The molecule has 0 N–H and O–H groups in total. The Morgan fingerprint density at radius 3 is 1.83 bits per heavy atom. The number of quaternary nitrogens is 2. The van der Waals surface area contributed by atoms with E-state index in [2.05, 4.69) is 14.1 Å². The average molecular weight is 437 g/mol. The summed E-state index contributed by atoms with van der Waals surface area (Å²) < 4.78 is 8.11. The topological polar surface area (TPSA) is 9.23 Å². The highest BCUT2D eigenvalue weighted by molar-refractivity contribution is 4.85. The Morgan fingerprint density at radius 2 is 1.26 bits per heavy atom. The number of piperidine rings is 1. The second-order valence-electron chi connectivity index (χ2n) is 9.11. The molecule has 0 amide bonds. The zero-order valence-electron chi connectivity index (χ0n) is 15.5. The first-order chi connectivity index (χ1) is 10.5. The van der Waals surface area contributed by atoms with Gasteiger partial charge >= 0.3 is 0 Å². The van der Waals surface area contributed by atoms with Crippen molar-refractivity contribution in [3.8, 4) is 0 Å². The molecule has 0 unspecified atom stereocenters. The van der Waals surface area contributed by atoms with Gasteiger partial charge in [-0.2, -0.15) is 0 Å². The number of ether oxygens (including phenoxy) is 1. The smallest absolute Gasteiger partial charge is 0.102 e. The summed E-state index contributed by atoms with van der Waals surface area (Å²) in [5.74, 6) is 0. The minimum Gasteiger partial charge on any atom is -1.00 e. The van der Waals surface area contributed by atoms with Crippen molar-refractivity contribution in [2.75, 3.05) is 66.6 Å². The van der Waals surface area contributed by atoms with E-state index in [1.807, 2.05) is 0 Å². The molecule has 1 aliphatic carbocycles. The molecule has 3 fully saturated rings. The summed E-state index contributed by atoms with van der Waals surface area (Å²) in [7, 11) is 4.95. The van der Waals surface area contributed by atoms with Gasteiger partial charge in [0.2, 0.25) is 0 Å². The van der Waals surface area contributed by atoms with Crippen LogP contribution in [0.4, 0.5) is 0 Å². The minimum atomic E-state index is 0. The minimum absolute atomic E-state index is 0. The van der Waals surface area contributed by atoms with Gasteiger partial charge in [-0.1, -0.05) is 19.3 Å². The van der Waals surface area contributed by atoms with E-state index in [-0.39, 0.29) is 24.0 Å². The SMILES string of the molecule is C[N+]1(CCC[N+]2(C)CCC3(CCCCC3)CC2)CCOCC1.[I-]. The summed E-state index contributed by atoms with van der Waals surface area (Å²) >= 11 is 0. The van der Waals surface area contributed by atoms with Crippen LogP contribution in [0.15, 0.2) is 0 Å². The second-order valence-corrected chi connectivity index (χ2v) is 9.11. The molecule has 23 heavy (non-hydrogen) atoms. The van der Waals surface area contributed by atoms with Gasteiger partial charge in [0.1, 0.15) is 13.1 Å². The molecule has 0 aromatic heterocycles. The monoisotopic (exact) mass is 437 g/mol. The van der Waals surface area contributed by atoms with Crippen LogP contribution in [0.1, 0.15) is 51.4 Å². The number of nitrogens with zero attached hydrogens (tertiary/aromatic N) is 2. The fourth-order valence-electron chi connectivity index (χ4n) is 5.12. The van der Waals surface area contributed by atoms with Crippen molar-refractivity contribution in [3.05, 3.63) is 0 Å². The van der Waals surface area contributed by atoms with Crippen LogP contribution < -0.4 is 24.0 Å². The van der Waals surface area contributed by atoms with Gasteiger partial charge in [0.05, 0.1) is 53.5 Å². The van der Waals surface area contributed by atoms with Crippen LogP contribution >= 0.6 is 0 Å². The number of likely N-dealkylation sites (N-methyl/N-ethyl adjacent to an activating group) is 1. The quantitative estimate of drug-likeness (QED) is 0.446. The van der Waals surface area contributed by atoms with Gasteiger partial charge in [0, 0.05) is 19.3 Å². The Kier molecular flexibility index (Phi) is 7.21. The van der Waals surface area contributed by atoms with Crippen molar-refractivity contribution in [1.29, 1.82) is 0 Å². The Hall–Kier alpha value is 0.610. The number of morpholine rings is 1. The Morgan fingerprint density at radius 1 is 0.739 bits per heavy atom. The van der Waals surface area contributed by atoms with Crippen molar-refractivity contribution < 1.29 is 37.7 Å². The summed E-state index contributed by atoms with van der Waals surface area (Å²) in [5.41, 5.74) is 0.763. The van der Waals surface area contributed by atoms with Crippen molar-refractivity contribution in [1.82, 2.24) is 0 Å². The third-order valence-corrected chi connectivity index (χ3v) is 7.22. The molecule has 3 nitrogen and oxygen atoms in total.